The number of halogens is 4. The molecule has 33 heavy (non-hydrogen) atoms. The molecule has 0 saturated carbocycles. The molecule has 11 heteroatoms. The van der Waals surface area contributed by atoms with Crippen LogP contribution < -0.4 is 15.4 Å². The van der Waals surface area contributed by atoms with Gasteiger partial charge >= 0.3 is 0 Å². The molecule has 0 radical (unpaired) electrons. The molecule has 0 atom stereocenters. The zero-order valence-corrected chi connectivity index (χ0v) is 21.4. The number of rotatable bonds is 4. The van der Waals surface area contributed by atoms with Crippen molar-refractivity contribution in [3.63, 3.8) is 0 Å². The van der Waals surface area contributed by atoms with E-state index >= 15 is 0 Å². The number of para-hydroxylation sites is 1. The summed E-state index contributed by atoms with van der Waals surface area (Å²) in [6.45, 7) is 0. The van der Waals surface area contributed by atoms with Gasteiger partial charge in [0.2, 0.25) is 0 Å². The Kier molecular flexibility index (Phi) is 7.28. The molecule has 1 amide bonds. The number of amides is 1. The van der Waals surface area contributed by atoms with E-state index in [1.807, 2.05) is 24.3 Å². The maximum Gasteiger partial charge on any atom is 0.257 e. The molecule has 0 aliphatic rings. The number of hydrogen-bond acceptors (Lipinski definition) is 5. The van der Waals surface area contributed by atoms with E-state index in [9.17, 15) is 4.79 Å². The summed E-state index contributed by atoms with van der Waals surface area (Å²) < 4.78 is 6.13. The van der Waals surface area contributed by atoms with Gasteiger partial charge in [0.15, 0.2) is 10.9 Å². The minimum atomic E-state index is -0.504. The molecule has 0 spiro atoms. The Morgan fingerprint density at radius 1 is 1.00 bits per heavy atom. The number of hydrogen-bond donors (Lipinski definition) is 2. The minimum absolute atomic E-state index is 0.0301. The number of fused-ring (bicyclic) bond motifs is 1. The average molecular weight is 557 g/mol. The number of carbonyl (C=O) groups is 1. The highest BCUT2D eigenvalue weighted by Gasteiger charge is 2.17. The standard InChI is InChI=1S/C22H13Cl4N3O2S2/c1-31-19-14(25)6-10(7-15(19)26)20(30)29-22(32)28-17-8-11(12(23)9-13(17)24)21-27-16-4-2-3-5-18(16)33-21/h2-9H,1H3,(H2,28,29,30,32). The van der Waals surface area contributed by atoms with Crippen LogP contribution >= 0.6 is 70.0 Å². The van der Waals surface area contributed by atoms with Crippen LogP contribution in [-0.4, -0.2) is 23.1 Å². The smallest absolute Gasteiger partial charge is 0.257 e. The van der Waals surface area contributed by atoms with Crippen molar-refractivity contribution in [2.24, 2.45) is 0 Å². The fourth-order valence-corrected chi connectivity index (χ4v) is 5.43. The lowest BCUT2D eigenvalue weighted by atomic mass is 10.2. The normalized spacial score (nSPS) is 10.8. The van der Waals surface area contributed by atoms with Crippen molar-refractivity contribution in [2.45, 2.75) is 0 Å². The summed E-state index contributed by atoms with van der Waals surface area (Å²) in [5, 5.41) is 7.46. The van der Waals surface area contributed by atoms with Crippen molar-refractivity contribution in [1.29, 1.82) is 0 Å². The number of aromatic nitrogens is 1. The summed E-state index contributed by atoms with van der Waals surface area (Å²) in [5.41, 5.74) is 2.24. The topological polar surface area (TPSA) is 63.2 Å². The third kappa shape index (κ3) is 5.19. The number of ether oxygens (including phenoxy) is 1. The monoisotopic (exact) mass is 555 g/mol. The molecule has 168 valence electrons. The van der Waals surface area contributed by atoms with E-state index in [0.29, 0.717) is 21.3 Å². The highest BCUT2D eigenvalue weighted by Crippen LogP contribution is 2.39. The molecule has 0 aliphatic carbocycles. The van der Waals surface area contributed by atoms with Crippen molar-refractivity contribution in [3.05, 3.63) is 74.2 Å². The number of anilines is 1. The van der Waals surface area contributed by atoms with E-state index in [0.717, 1.165) is 15.2 Å². The zero-order chi connectivity index (χ0) is 23.7. The largest absolute Gasteiger partial charge is 0.494 e. The number of thiazole rings is 1. The Bertz CT molecular complexity index is 1350. The predicted molar refractivity (Wildman–Crippen MR) is 142 cm³/mol. The van der Waals surface area contributed by atoms with Crippen LogP contribution in [0.1, 0.15) is 10.4 Å². The minimum Gasteiger partial charge on any atom is -0.494 e. The van der Waals surface area contributed by atoms with Crippen LogP contribution in [0.15, 0.2) is 48.5 Å². The van der Waals surface area contributed by atoms with Gasteiger partial charge in [0, 0.05) is 11.1 Å². The van der Waals surface area contributed by atoms with Gasteiger partial charge in [-0.1, -0.05) is 58.5 Å². The number of thiocarbonyl (C=S) groups is 1. The van der Waals surface area contributed by atoms with Crippen LogP contribution in [0, 0.1) is 0 Å². The van der Waals surface area contributed by atoms with Gasteiger partial charge in [-0.15, -0.1) is 11.3 Å². The molecule has 1 aromatic heterocycles. The number of methoxy groups -OCH3 is 1. The summed E-state index contributed by atoms with van der Waals surface area (Å²) in [6.07, 6.45) is 0. The number of carbonyl (C=O) groups excluding carboxylic acids is 1. The number of nitrogens with zero attached hydrogens (tertiary/aromatic N) is 1. The Balaban J connectivity index is 1.56. The molecule has 2 N–H and O–H groups in total. The summed E-state index contributed by atoms with van der Waals surface area (Å²) in [4.78, 5) is 17.3. The summed E-state index contributed by atoms with van der Waals surface area (Å²) in [7, 11) is 1.43. The number of nitrogens with one attached hydrogen (secondary N) is 2. The van der Waals surface area contributed by atoms with Crippen molar-refractivity contribution >= 4 is 96.9 Å². The van der Waals surface area contributed by atoms with Crippen molar-refractivity contribution in [3.8, 4) is 16.3 Å². The van der Waals surface area contributed by atoms with E-state index in [1.165, 1.54) is 30.6 Å². The van der Waals surface area contributed by atoms with Gasteiger partial charge in [0.05, 0.1) is 43.1 Å². The predicted octanol–water partition coefficient (Wildman–Crippen LogP) is 7.71. The molecular weight excluding hydrogens is 544 g/mol. The first-order valence-corrected chi connectivity index (χ1v) is 12.0. The maximum atomic E-state index is 12.6. The Morgan fingerprint density at radius 2 is 1.70 bits per heavy atom. The maximum absolute atomic E-state index is 12.6. The molecule has 5 nitrogen and oxygen atoms in total. The van der Waals surface area contributed by atoms with Crippen molar-refractivity contribution in [2.75, 3.05) is 12.4 Å². The molecule has 0 aliphatic heterocycles. The first-order valence-electron chi connectivity index (χ1n) is 9.27. The molecule has 4 rings (SSSR count). The van der Waals surface area contributed by atoms with Crippen LogP contribution in [-0.2, 0) is 0 Å². The van der Waals surface area contributed by atoms with Gasteiger partial charge in [-0.05, 0) is 48.6 Å². The van der Waals surface area contributed by atoms with Gasteiger partial charge in [-0.3, -0.25) is 10.1 Å². The molecule has 4 aromatic rings. The lowest BCUT2D eigenvalue weighted by molar-refractivity contribution is 0.0977. The molecule has 1 heterocycles. The van der Waals surface area contributed by atoms with Crippen molar-refractivity contribution in [1.82, 2.24) is 10.3 Å². The van der Waals surface area contributed by atoms with Crippen LogP contribution in [0.4, 0.5) is 5.69 Å². The molecule has 0 bridgehead atoms. The fraction of sp³-hybridized carbons (Fsp3) is 0.0455. The van der Waals surface area contributed by atoms with E-state index in [4.69, 9.17) is 63.4 Å². The lowest BCUT2D eigenvalue weighted by Crippen LogP contribution is -2.34. The van der Waals surface area contributed by atoms with Gasteiger partial charge in [0.25, 0.3) is 5.91 Å². The average Bonchev–Trinajstić information content (AvgIpc) is 3.19. The third-order valence-electron chi connectivity index (χ3n) is 4.52. The third-order valence-corrected chi connectivity index (χ3v) is 6.98. The highest BCUT2D eigenvalue weighted by molar-refractivity contribution is 7.80. The van der Waals surface area contributed by atoms with E-state index in [1.54, 1.807) is 12.1 Å². The van der Waals surface area contributed by atoms with Gasteiger partial charge in [-0.25, -0.2) is 4.98 Å². The Hall–Kier alpha value is -2.13. The SMILES string of the molecule is COc1c(Cl)cc(C(=O)NC(=S)Nc2cc(-c3nc4ccccc4s3)c(Cl)cc2Cl)cc1Cl. The van der Waals surface area contributed by atoms with Crippen LogP contribution in [0.2, 0.25) is 20.1 Å². The second-order valence-corrected chi connectivity index (χ2v) is 9.75. The summed E-state index contributed by atoms with van der Waals surface area (Å²) in [6, 6.07) is 14.0. The highest BCUT2D eigenvalue weighted by atomic mass is 35.5. The first kappa shape index (κ1) is 24.0. The quantitative estimate of drug-likeness (QED) is 0.252. The summed E-state index contributed by atoms with van der Waals surface area (Å²) >= 11 is 31.8. The second-order valence-electron chi connectivity index (χ2n) is 6.68. The van der Waals surface area contributed by atoms with Crippen LogP contribution in [0.5, 0.6) is 5.75 Å². The molecule has 0 saturated heterocycles. The van der Waals surface area contributed by atoms with E-state index < -0.39 is 5.91 Å². The molecular formula is C22H13Cl4N3O2S2. The number of benzene rings is 3. The van der Waals surface area contributed by atoms with Gasteiger partial charge < -0.3 is 10.1 Å². The van der Waals surface area contributed by atoms with E-state index in [2.05, 4.69) is 15.6 Å². The second kappa shape index (κ2) is 10.0. The molecule has 3 aromatic carbocycles. The summed E-state index contributed by atoms with van der Waals surface area (Å²) in [5.74, 6) is -0.221. The van der Waals surface area contributed by atoms with Crippen LogP contribution in [0.3, 0.4) is 0 Å². The molecule has 0 unspecified atom stereocenters. The first-order chi connectivity index (χ1) is 15.8. The lowest BCUT2D eigenvalue weighted by Gasteiger charge is -2.13. The fourth-order valence-electron chi connectivity index (χ4n) is 3.01. The van der Waals surface area contributed by atoms with Gasteiger partial charge in [0.1, 0.15) is 5.01 Å². The van der Waals surface area contributed by atoms with Gasteiger partial charge in [-0.2, -0.15) is 0 Å². The van der Waals surface area contributed by atoms with Crippen LogP contribution in [0.25, 0.3) is 20.8 Å². The molecule has 0 fully saturated rings. The Morgan fingerprint density at radius 3 is 2.36 bits per heavy atom. The Labute approximate surface area is 218 Å². The zero-order valence-electron chi connectivity index (χ0n) is 16.7. The van der Waals surface area contributed by atoms with E-state index in [-0.39, 0.29) is 26.5 Å². The van der Waals surface area contributed by atoms with Crippen molar-refractivity contribution < 1.29 is 9.53 Å².